The second-order valence-electron chi connectivity index (χ2n) is 4.92. The Morgan fingerprint density at radius 1 is 1.58 bits per heavy atom. The molecule has 7 heteroatoms. The number of H-pyrrole nitrogens is 1. The Hall–Kier alpha value is -1.89. The molecule has 3 N–H and O–H groups in total. The van der Waals surface area contributed by atoms with Crippen molar-refractivity contribution in [2.75, 3.05) is 11.9 Å². The minimum absolute atomic E-state index is 0.112. The fourth-order valence-corrected chi connectivity index (χ4v) is 2.05. The molecule has 2 aromatic rings. The number of hydrogen-bond donors (Lipinski definition) is 3. The van der Waals surface area contributed by atoms with E-state index in [2.05, 4.69) is 20.5 Å². The molecular formula is C12H19N5O2. The summed E-state index contributed by atoms with van der Waals surface area (Å²) in [4.78, 5) is 15.9. The van der Waals surface area contributed by atoms with Gasteiger partial charge in [0.05, 0.1) is 0 Å². The van der Waals surface area contributed by atoms with Crippen LogP contribution in [-0.2, 0) is 0 Å². The Kier molecular flexibility index (Phi) is 3.57. The van der Waals surface area contributed by atoms with E-state index in [4.69, 9.17) is 5.11 Å². The highest BCUT2D eigenvalue weighted by Gasteiger charge is 2.22. The van der Waals surface area contributed by atoms with Gasteiger partial charge in [-0.1, -0.05) is 6.92 Å². The van der Waals surface area contributed by atoms with Gasteiger partial charge in [0.15, 0.2) is 5.65 Å². The van der Waals surface area contributed by atoms with Crippen LogP contribution in [-0.4, -0.2) is 36.8 Å². The minimum Gasteiger partial charge on any atom is -0.396 e. The highest BCUT2D eigenvalue weighted by molar-refractivity contribution is 5.50. The number of aliphatic hydroxyl groups is 1. The molecule has 0 bridgehead atoms. The molecule has 2 heterocycles. The Labute approximate surface area is 110 Å². The van der Waals surface area contributed by atoms with Crippen LogP contribution in [0.25, 0.3) is 5.65 Å². The van der Waals surface area contributed by atoms with Crippen LogP contribution in [0.4, 0.5) is 5.82 Å². The predicted molar refractivity (Wildman–Crippen MR) is 72.4 cm³/mol. The van der Waals surface area contributed by atoms with E-state index in [-0.39, 0.29) is 17.8 Å². The van der Waals surface area contributed by atoms with Crippen LogP contribution in [0.2, 0.25) is 0 Å². The van der Waals surface area contributed by atoms with Gasteiger partial charge in [-0.2, -0.15) is 5.10 Å². The van der Waals surface area contributed by atoms with Gasteiger partial charge < -0.3 is 10.4 Å². The van der Waals surface area contributed by atoms with E-state index < -0.39 is 0 Å². The molecule has 1 unspecified atom stereocenters. The molecule has 2 rings (SSSR count). The van der Waals surface area contributed by atoms with Crippen LogP contribution in [0.5, 0.6) is 0 Å². The summed E-state index contributed by atoms with van der Waals surface area (Å²) >= 11 is 0. The summed E-state index contributed by atoms with van der Waals surface area (Å²) in [5.74, 6) is 1.23. The maximum Gasteiger partial charge on any atom is 0.349 e. The Morgan fingerprint density at radius 3 is 2.95 bits per heavy atom. The van der Waals surface area contributed by atoms with E-state index >= 15 is 0 Å². The second-order valence-corrected chi connectivity index (χ2v) is 4.92. The summed E-state index contributed by atoms with van der Waals surface area (Å²) in [6.07, 6.45) is 1.48. The molecule has 0 saturated carbocycles. The third kappa shape index (κ3) is 2.60. The monoisotopic (exact) mass is 265 g/mol. The van der Waals surface area contributed by atoms with Crippen LogP contribution in [0.1, 0.15) is 32.5 Å². The Balaban J connectivity index is 2.38. The van der Waals surface area contributed by atoms with Gasteiger partial charge in [0.1, 0.15) is 11.6 Å². The molecule has 0 aliphatic heterocycles. The van der Waals surface area contributed by atoms with Gasteiger partial charge in [0, 0.05) is 18.2 Å². The van der Waals surface area contributed by atoms with Crippen molar-refractivity contribution in [3.63, 3.8) is 0 Å². The first-order valence-electron chi connectivity index (χ1n) is 6.33. The molecule has 2 aromatic heterocycles. The zero-order valence-corrected chi connectivity index (χ0v) is 11.4. The zero-order valence-electron chi connectivity index (χ0n) is 11.4. The summed E-state index contributed by atoms with van der Waals surface area (Å²) < 4.78 is 1.42. The number of aliphatic hydroxyl groups excluding tert-OH is 1. The van der Waals surface area contributed by atoms with Crippen LogP contribution in [0.15, 0.2) is 10.9 Å². The Morgan fingerprint density at radius 2 is 2.32 bits per heavy atom. The molecule has 0 aliphatic rings. The van der Waals surface area contributed by atoms with Crippen molar-refractivity contribution in [2.24, 2.45) is 0 Å². The van der Waals surface area contributed by atoms with Crippen molar-refractivity contribution in [3.05, 3.63) is 22.4 Å². The summed E-state index contributed by atoms with van der Waals surface area (Å²) in [5.41, 5.74) is 0.00553. The second kappa shape index (κ2) is 5.00. The van der Waals surface area contributed by atoms with Gasteiger partial charge in [0.25, 0.3) is 0 Å². The molecule has 0 fully saturated rings. The van der Waals surface area contributed by atoms with Gasteiger partial charge >= 0.3 is 5.69 Å². The minimum atomic E-state index is -0.292. The fourth-order valence-electron chi connectivity index (χ4n) is 2.05. The highest BCUT2D eigenvalue weighted by Crippen LogP contribution is 2.21. The topological polar surface area (TPSA) is 95.3 Å². The molecule has 0 aliphatic carbocycles. The molecule has 0 spiro atoms. The third-order valence-electron chi connectivity index (χ3n) is 3.44. The van der Waals surface area contributed by atoms with Gasteiger partial charge in [-0.15, -0.1) is 0 Å². The molecule has 0 saturated heterocycles. The standard InChI is InChI=1S/C12H19N5O2/c1-4-12(3,5-6-18)14-9-7-10-15-16-11(19)17(10)8(2)13-9/h7,14,18H,4-6H2,1-3H3,(H,16,19). The maximum absolute atomic E-state index is 11.5. The molecule has 104 valence electrons. The van der Waals surface area contributed by atoms with E-state index in [0.29, 0.717) is 23.7 Å². The lowest BCUT2D eigenvalue weighted by molar-refractivity contribution is 0.252. The number of anilines is 1. The van der Waals surface area contributed by atoms with E-state index in [1.807, 2.05) is 13.8 Å². The van der Waals surface area contributed by atoms with E-state index in [9.17, 15) is 4.79 Å². The number of aryl methyl sites for hydroxylation is 1. The Bertz CT molecular complexity index is 633. The molecule has 1 atom stereocenters. The van der Waals surface area contributed by atoms with E-state index in [1.165, 1.54) is 4.40 Å². The largest absolute Gasteiger partial charge is 0.396 e. The third-order valence-corrected chi connectivity index (χ3v) is 3.44. The predicted octanol–water partition coefficient (Wildman–Crippen LogP) is 0.689. The first-order chi connectivity index (χ1) is 8.99. The number of aromatic amines is 1. The first-order valence-corrected chi connectivity index (χ1v) is 6.33. The molecular weight excluding hydrogens is 246 g/mol. The number of nitrogens with one attached hydrogen (secondary N) is 2. The maximum atomic E-state index is 11.5. The highest BCUT2D eigenvalue weighted by atomic mass is 16.3. The summed E-state index contributed by atoms with van der Waals surface area (Å²) in [6.45, 7) is 5.94. The first kappa shape index (κ1) is 13.5. The number of nitrogens with zero attached hydrogens (tertiary/aromatic N) is 3. The van der Waals surface area contributed by atoms with Crippen LogP contribution < -0.4 is 11.0 Å². The zero-order chi connectivity index (χ0) is 14.0. The smallest absolute Gasteiger partial charge is 0.349 e. The van der Waals surface area contributed by atoms with Crippen molar-refractivity contribution in [2.45, 2.75) is 39.2 Å². The van der Waals surface area contributed by atoms with Crippen LogP contribution in [0, 0.1) is 6.92 Å². The lowest BCUT2D eigenvalue weighted by atomic mass is 9.95. The number of fused-ring (bicyclic) bond motifs is 1. The van der Waals surface area contributed by atoms with Crippen LogP contribution >= 0.6 is 0 Å². The van der Waals surface area contributed by atoms with Crippen molar-refractivity contribution in [1.82, 2.24) is 19.6 Å². The van der Waals surface area contributed by atoms with Gasteiger partial charge in [-0.25, -0.2) is 19.3 Å². The molecule has 0 radical (unpaired) electrons. The molecule has 0 aromatic carbocycles. The molecule has 7 nitrogen and oxygen atoms in total. The van der Waals surface area contributed by atoms with E-state index in [1.54, 1.807) is 13.0 Å². The number of aromatic nitrogens is 4. The van der Waals surface area contributed by atoms with Gasteiger partial charge in [0.2, 0.25) is 0 Å². The molecule has 0 amide bonds. The SMILES string of the molecule is CCC(C)(CCO)Nc1cc2n[nH]c(=O)n2c(C)n1. The average Bonchev–Trinajstić information content (AvgIpc) is 2.71. The van der Waals surface area contributed by atoms with Crippen molar-refractivity contribution in [3.8, 4) is 0 Å². The van der Waals surface area contributed by atoms with Gasteiger partial charge in [-0.3, -0.25) is 0 Å². The summed E-state index contributed by atoms with van der Waals surface area (Å²) in [6, 6.07) is 1.72. The van der Waals surface area contributed by atoms with Crippen LogP contribution in [0.3, 0.4) is 0 Å². The fraction of sp³-hybridized carbons (Fsp3) is 0.583. The molecule has 19 heavy (non-hydrogen) atoms. The van der Waals surface area contributed by atoms with E-state index in [0.717, 1.165) is 6.42 Å². The normalized spacial score (nSPS) is 14.5. The average molecular weight is 265 g/mol. The number of hydrogen-bond acceptors (Lipinski definition) is 5. The number of rotatable bonds is 5. The quantitative estimate of drug-likeness (QED) is 0.739. The lowest BCUT2D eigenvalue weighted by Crippen LogP contribution is -2.35. The summed E-state index contributed by atoms with van der Waals surface area (Å²) in [5, 5.41) is 18.8. The van der Waals surface area contributed by atoms with Crippen molar-refractivity contribution in [1.29, 1.82) is 0 Å². The van der Waals surface area contributed by atoms with Gasteiger partial charge in [-0.05, 0) is 26.7 Å². The lowest BCUT2D eigenvalue weighted by Gasteiger charge is -2.29. The van der Waals surface area contributed by atoms with Crippen molar-refractivity contribution < 1.29 is 5.11 Å². The van der Waals surface area contributed by atoms with Crippen molar-refractivity contribution >= 4 is 11.5 Å². The summed E-state index contributed by atoms with van der Waals surface area (Å²) in [7, 11) is 0.